The first-order valence-corrected chi connectivity index (χ1v) is 11.4. The lowest BCUT2D eigenvalue weighted by Gasteiger charge is -2.14. The van der Waals surface area contributed by atoms with Crippen molar-refractivity contribution in [3.63, 3.8) is 0 Å². The van der Waals surface area contributed by atoms with Crippen LogP contribution in [0, 0.1) is 11.2 Å². The Hall–Kier alpha value is -4.19. The van der Waals surface area contributed by atoms with Gasteiger partial charge in [0.25, 0.3) is 0 Å². The molecule has 0 amide bonds. The van der Waals surface area contributed by atoms with Crippen molar-refractivity contribution in [2.24, 2.45) is 5.41 Å². The molecule has 0 atom stereocenters. The average Bonchev–Trinajstić information content (AvgIpc) is 3.69. The maximum absolute atomic E-state index is 13.1. The highest BCUT2D eigenvalue weighted by atomic mass is 19.1. The normalized spacial score (nSPS) is 13.9. The van der Waals surface area contributed by atoms with Crippen molar-refractivity contribution in [1.82, 2.24) is 4.98 Å². The van der Waals surface area contributed by atoms with Crippen molar-refractivity contribution in [1.29, 1.82) is 0 Å². The van der Waals surface area contributed by atoms with Crippen LogP contribution in [0.15, 0.2) is 79.0 Å². The van der Waals surface area contributed by atoms with Gasteiger partial charge in [0.2, 0.25) is 0 Å². The summed E-state index contributed by atoms with van der Waals surface area (Å²) in [6.07, 6.45) is 3.82. The van der Waals surface area contributed by atoms with Crippen molar-refractivity contribution < 1.29 is 23.5 Å². The molecular formula is C29H22FNO4. The van der Waals surface area contributed by atoms with Crippen LogP contribution < -0.4 is 4.74 Å². The smallest absolute Gasteiger partial charge is 0.150 e. The molecule has 1 fully saturated rings. The van der Waals surface area contributed by atoms with Crippen LogP contribution in [-0.2, 0) is 22.4 Å². The van der Waals surface area contributed by atoms with E-state index in [1.165, 1.54) is 12.1 Å². The lowest BCUT2D eigenvalue weighted by Crippen LogP contribution is -2.28. The minimum atomic E-state index is -0.917. The van der Waals surface area contributed by atoms with Crippen LogP contribution >= 0.6 is 0 Å². The van der Waals surface area contributed by atoms with E-state index in [-0.39, 0.29) is 30.2 Å². The number of nitrogens with zero attached hydrogens (tertiary/aromatic N) is 1. The molecule has 0 unspecified atom stereocenters. The zero-order valence-corrected chi connectivity index (χ0v) is 18.9. The predicted octanol–water partition coefficient (Wildman–Crippen LogP) is 5.68. The summed E-state index contributed by atoms with van der Waals surface area (Å²) >= 11 is 0. The van der Waals surface area contributed by atoms with Crippen molar-refractivity contribution in [2.45, 2.75) is 25.7 Å². The Kier molecular flexibility index (Phi) is 5.95. The number of rotatable bonds is 9. The van der Waals surface area contributed by atoms with Gasteiger partial charge in [-0.15, -0.1) is 0 Å². The summed E-state index contributed by atoms with van der Waals surface area (Å²) < 4.78 is 19.1. The molecule has 0 bridgehead atoms. The van der Waals surface area contributed by atoms with E-state index < -0.39 is 5.41 Å². The number of hydrogen-bond donors (Lipinski definition) is 0. The van der Waals surface area contributed by atoms with E-state index in [4.69, 9.17) is 4.74 Å². The Balaban J connectivity index is 1.25. The minimum Gasteiger partial charge on any atom is -0.457 e. The highest BCUT2D eigenvalue weighted by Crippen LogP contribution is 2.48. The van der Waals surface area contributed by atoms with Crippen LogP contribution in [0.2, 0.25) is 0 Å². The SMILES string of the molecule is O=Cc1ccc2c(Oc3ccc(CC(=O)C4(C(=O)Cc5ccc(F)cc5)CC4)cc3)ccnc2c1. The van der Waals surface area contributed by atoms with Crippen LogP contribution in [0.5, 0.6) is 11.5 Å². The molecule has 4 aromatic rings. The van der Waals surface area contributed by atoms with Gasteiger partial charge in [-0.1, -0.05) is 30.3 Å². The van der Waals surface area contributed by atoms with Gasteiger partial charge in [-0.2, -0.15) is 0 Å². The second-order valence-electron chi connectivity index (χ2n) is 8.86. The Morgan fingerprint density at radius 2 is 1.51 bits per heavy atom. The molecule has 0 spiro atoms. The quantitative estimate of drug-likeness (QED) is 0.234. The average molecular weight is 467 g/mol. The molecule has 1 aliphatic carbocycles. The lowest BCUT2D eigenvalue weighted by molar-refractivity contribution is -0.133. The van der Waals surface area contributed by atoms with E-state index in [9.17, 15) is 18.8 Å². The molecule has 1 aliphatic rings. The van der Waals surface area contributed by atoms with Crippen LogP contribution in [0.1, 0.15) is 34.3 Å². The van der Waals surface area contributed by atoms with Crippen LogP contribution in [0.3, 0.4) is 0 Å². The number of halogens is 1. The van der Waals surface area contributed by atoms with Gasteiger partial charge in [-0.05, 0) is 66.4 Å². The van der Waals surface area contributed by atoms with Crippen LogP contribution in [-0.4, -0.2) is 22.8 Å². The molecule has 35 heavy (non-hydrogen) atoms. The largest absolute Gasteiger partial charge is 0.457 e. The monoisotopic (exact) mass is 467 g/mol. The molecule has 0 radical (unpaired) electrons. The van der Waals surface area contributed by atoms with Gasteiger partial charge in [0.1, 0.15) is 23.6 Å². The number of fused-ring (bicyclic) bond motifs is 1. The van der Waals surface area contributed by atoms with E-state index >= 15 is 0 Å². The summed E-state index contributed by atoms with van der Waals surface area (Å²) in [5.74, 6) is 0.678. The third-order valence-electron chi connectivity index (χ3n) is 6.47. The van der Waals surface area contributed by atoms with Gasteiger partial charge in [-0.25, -0.2) is 4.39 Å². The fraction of sp³-hybridized carbons (Fsp3) is 0.172. The number of aromatic nitrogens is 1. The molecule has 174 valence electrons. The van der Waals surface area contributed by atoms with Crippen LogP contribution in [0.25, 0.3) is 10.9 Å². The van der Waals surface area contributed by atoms with Gasteiger partial charge >= 0.3 is 0 Å². The zero-order valence-electron chi connectivity index (χ0n) is 18.9. The van der Waals surface area contributed by atoms with E-state index in [0.717, 1.165) is 17.2 Å². The Labute approximate surface area is 201 Å². The minimum absolute atomic E-state index is 0.0793. The van der Waals surface area contributed by atoms with E-state index in [2.05, 4.69) is 4.98 Å². The number of ether oxygens (including phenoxy) is 1. The molecule has 5 nitrogen and oxygen atoms in total. The van der Waals surface area contributed by atoms with Crippen LogP contribution in [0.4, 0.5) is 4.39 Å². The first-order chi connectivity index (χ1) is 17.0. The lowest BCUT2D eigenvalue weighted by atomic mass is 9.88. The van der Waals surface area contributed by atoms with Crippen molar-refractivity contribution in [3.8, 4) is 11.5 Å². The number of aldehydes is 1. The molecule has 0 aliphatic heterocycles. The van der Waals surface area contributed by atoms with Crippen molar-refractivity contribution >= 4 is 28.8 Å². The first-order valence-electron chi connectivity index (χ1n) is 11.4. The summed E-state index contributed by atoms with van der Waals surface area (Å²) in [7, 11) is 0. The number of Topliss-reactive ketones (excluding diaryl/α,β-unsaturated/α-hetero) is 2. The standard InChI is InChI=1S/C29H22FNO4/c30-22-6-1-19(2-7-22)16-27(33)29(12-13-29)28(34)17-20-3-8-23(9-4-20)35-26-11-14-31-25-15-21(18-32)5-10-24(25)26/h1-11,14-15,18H,12-13,16-17H2. The van der Waals surface area contributed by atoms with Gasteiger partial charge < -0.3 is 4.74 Å². The zero-order chi connectivity index (χ0) is 24.4. The highest BCUT2D eigenvalue weighted by molar-refractivity contribution is 6.10. The molecule has 1 saturated carbocycles. The first kappa shape index (κ1) is 22.6. The number of carbonyl (C=O) groups is 3. The molecule has 0 saturated heterocycles. The fourth-order valence-corrected chi connectivity index (χ4v) is 4.25. The second kappa shape index (κ2) is 9.22. The fourth-order valence-electron chi connectivity index (χ4n) is 4.25. The second-order valence-corrected chi connectivity index (χ2v) is 8.86. The summed E-state index contributed by atoms with van der Waals surface area (Å²) in [6, 6.07) is 20.0. The third-order valence-corrected chi connectivity index (χ3v) is 6.47. The number of benzene rings is 3. The maximum atomic E-state index is 13.1. The highest BCUT2D eigenvalue weighted by Gasteiger charge is 2.54. The van der Waals surface area contributed by atoms with Crippen molar-refractivity contribution in [2.75, 3.05) is 0 Å². The topological polar surface area (TPSA) is 73.3 Å². The molecular weight excluding hydrogens is 445 g/mol. The van der Waals surface area contributed by atoms with Gasteiger partial charge in [-0.3, -0.25) is 19.4 Å². The third kappa shape index (κ3) is 4.73. The van der Waals surface area contributed by atoms with Gasteiger partial charge in [0, 0.05) is 30.0 Å². The molecule has 1 aromatic heterocycles. The predicted molar refractivity (Wildman–Crippen MR) is 129 cm³/mol. The van der Waals surface area contributed by atoms with Crippen molar-refractivity contribution in [3.05, 3.63) is 102 Å². The summed E-state index contributed by atoms with van der Waals surface area (Å²) in [4.78, 5) is 41.2. The Bertz CT molecular complexity index is 1420. The van der Waals surface area contributed by atoms with E-state index in [1.807, 2.05) is 12.1 Å². The maximum Gasteiger partial charge on any atom is 0.150 e. The molecule has 5 rings (SSSR count). The van der Waals surface area contributed by atoms with Gasteiger partial charge in [0.15, 0.2) is 11.6 Å². The Morgan fingerprint density at radius 1 is 0.886 bits per heavy atom. The number of carbonyl (C=O) groups excluding carboxylic acids is 3. The summed E-state index contributed by atoms with van der Waals surface area (Å²) in [6.45, 7) is 0. The van der Waals surface area contributed by atoms with Gasteiger partial charge in [0.05, 0.1) is 10.9 Å². The molecule has 6 heteroatoms. The van der Waals surface area contributed by atoms with E-state index in [1.54, 1.807) is 54.7 Å². The van der Waals surface area contributed by atoms with E-state index in [0.29, 0.717) is 41.0 Å². The summed E-state index contributed by atoms with van der Waals surface area (Å²) in [5.41, 5.74) is 1.80. The molecule has 1 heterocycles. The number of pyridine rings is 1. The molecule has 0 N–H and O–H groups in total. The number of hydrogen-bond acceptors (Lipinski definition) is 5. The molecule has 3 aromatic carbocycles. The Morgan fingerprint density at radius 3 is 2.11 bits per heavy atom. The summed E-state index contributed by atoms with van der Waals surface area (Å²) in [5, 5.41) is 0.785. The number of ketones is 2.